The van der Waals surface area contributed by atoms with Crippen LogP contribution in [0.3, 0.4) is 0 Å². The largest absolute Gasteiger partial charge is 0.396 e. The summed E-state index contributed by atoms with van der Waals surface area (Å²) >= 11 is 0. The molecular formula is C8H11N3O2. The molecule has 0 radical (unpaired) electrons. The number of nitrogens with zero attached hydrogens (tertiary/aromatic N) is 2. The van der Waals surface area contributed by atoms with Gasteiger partial charge in [-0.05, 0) is 12.5 Å². The molecule has 1 heterocycles. The Balaban J connectivity index is 2.40. The molecule has 0 fully saturated rings. The Kier molecular flexibility index (Phi) is 3.84. The van der Waals surface area contributed by atoms with E-state index in [1.165, 1.54) is 12.4 Å². The number of aromatic nitrogens is 2. The van der Waals surface area contributed by atoms with Gasteiger partial charge < -0.3 is 10.4 Å². The van der Waals surface area contributed by atoms with Gasteiger partial charge in [-0.3, -0.25) is 4.79 Å². The van der Waals surface area contributed by atoms with Crippen molar-refractivity contribution in [2.24, 2.45) is 0 Å². The molecule has 1 aromatic rings. The standard InChI is InChI=1S/C8H11N3O2/c12-5-1-3-9-8(13)7-2-4-10-11-6-7/h2,4,6,12H,1,3,5H2,(H,9,13). The molecule has 1 aromatic heterocycles. The van der Waals surface area contributed by atoms with Crippen molar-refractivity contribution in [2.75, 3.05) is 13.2 Å². The minimum atomic E-state index is -0.191. The van der Waals surface area contributed by atoms with E-state index in [9.17, 15) is 4.79 Å². The van der Waals surface area contributed by atoms with Gasteiger partial charge in [-0.15, -0.1) is 0 Å². The first kappa shape index (κ1) is 9.60. The van der Waals surface area contributed by atoms with Gasteiger partial charge in [0.2, 0.25) is 0 Å². The Bertz CT molecular complexity index is 263. The van der Waals surface area contributed by atoms with E-state index >= 15 is 0 Å². The molecule has 0 aliphatic rings. The monoisotopic (exact) mass is 181 g/mol. The lowest BCUT2D eigenvalue weighted by atomic mass is 10.3. The van der Waals surface area contributed by atoms with E-state index in [1.807, 2.05) is 0 Å². The lowest BCUT2D eigenvalue weighted by molar-refractivity contribution is 0.0950. The third kappa shape index (κ3) is 3.16. The summed E-state index contributed by atoms with van der Waals surface area (Å²) < 4.78 is 0. The van der Waals surface area contributed by atoms with Crippen LogP contribution in [-0.2, 0) is 0 Å². The lowest BCUT2D eigenvalue weighted by Gasteiger charge is -2.01. The van der Waals surface area contributed by atoms with E-state index in [0.717, 1.165) is 0 Å². The second kappa shape index (κ2) is 5.21. The van der Waals surface area contributed by atoms with Crippen LogP contribution < -0.4 is 5.32 Å². The third-order valence-corrected chi connectivity index (χ3v) is 1.47. The van der Waals surface area contributed by atoms with Crippen LogP contribution in [0.1, 0.15) is 16.8 Å². The summed E-state index contributed by atoms with van der Waals surface area (Å²) in [4.78, 5) is 11.3. The van der Waals surface area contributed by atoms with Gasteiger partial charge in [0.05, 0.1) is 18.0 Å². The summed E-state index contributed by atoms with van der Waals surface area (Å²) in [7, 11) is 0. The smallest absolute Gasteiger partial charge is 0.252 e. The zero-order valence-corrected chi connectivity index (χ0v) is 7.10. The maximum Gasteiger partial charge on any atom is 0.252 e. The summed E-state index contributed by atoms with van der Waals surface area (Å²) in [5.74, 6) is -0.191. The number of amides is 1. The highest BCUT2D eigenvalue weighted by molar-refractivity contribution is 5.93. The molecule has 0 unspecified atom stereocenters. The van der Waals surface area contributed by atoms with E-state index in [1.54, 1.807) is 6.07 Å². The summed E-state index contributed by atoms with van der Waals surface area (Å²) in [5.41, 5.74) is 0.480. The van der Waals surface area contributed by atoms with Crippen molar-refractivity contribution in [1.82, 2.24) is 15.5 Å². The highest BCUT2D eigenvalue weighted by Gasteiger charge is 2.02. The first-order valence-corrected chi connectivity index (χ1v) is 4.00. The summed E-state index contributed by atoms with van der Waals surface area (Å²) in [6.45, 7) is 0.548. The van der Waals surface area contributed by atoms with Crippen LogP contribution in [0.5, 0.6) is 0 Å². The maximum atomic E-state index is 11.3. The fourth-order valence-corrected chi connectivity index (χ4v) is 0.808. The number of aliphatic hydroxyl groups is 1. The number of carbonyl (C=O) groups excluding carboxylic acids is 1. The molecule has 0 aliphatic heterocycles. The zero-order valence-electron chi connectivity index (χ0n) is 7.10. The molecule has 13 heavy (non-hydrogen) atoms. The predicted molar refractivity (Wildman–Crippen MR) is 46.1 cm³/mol. The van der Waals surface area contributed by atoms with E-state index in [-0.39, 0.29) is 12.5 Å². The number of hydrogen-bond donors (Lipinski definition) is 2. The van der Waals surface area contributed by atoms with Gasteiger partial charge in [0.1, 0.15) is 0 Å². The number of nitrogens with one attached hydrogen (secondary N) is 1. The van der Waals surface area contributed by atoms with Crippen molar-refractivity contribution in [1.29, 1.82) is 0 Å². The minimum absolute atomic E-state index is 0.0782. The number of hydrogen-bond acceptors (Lipinski definition) is 4. The Morgan fingerprint density at radius 1 is 1.54 bits per heavy atom. The Morgan fingerprint density at radius 2 is 2.38 bits per heavy atom. The molecular weight excluding hydrogens is 170 g/mol. The first-order valence-electron chi connectivity index (χ1n) is 4.00. The van der Waals surface area contributed by atoms with Gasteiger partial charge in [0.15, 0.2) is 0 Å². The van der Waals surface area contributed by atoms with Gasteiger partial charge in [0, 0.05) is 13.2 Å². The number of rotatable bonds is 4. The highest BCUT2D eigenvalue weighted by atomic mass is 16.3. The van der Waals surface area contributed by atoms with Crippen LogP contribution in [-0.4, -0.2) is 34.4 Å². The van der Waals surface area contributed by atoms with Crippen LogP contribution >= 0.6 is 0 Å². The van der Waals surface area contributed by atoms with Gasteiger partial charge in [-0.2, -0.15) is 10.2 Å². The normalized spacial score (nSPS) is 9.62. The van der Waals surface area contributed by atoms with Crippen molar-refractivity contribution in [2.45, 2.75) is 6.42 Å². The molecule has 70 valence electrons. The Morgan fingerprint density at radius 3 is 3.00 bits per heavy atom. The lowest BCUT2D eigenvalue weighted by Crippen LogP contribution is -2.25. The average molecular weight is 181 g/mol. The van der Waals surface area contributed by atoms with Gasteiger partial charge in [0.25, 0.3) is 5.91 Å². The number of carbonyl (C=O) groups is 1. The highest BCUT2D eigenvalue weighted by Crippen LogP contribution is 1.92. The molecule has 0 bridgehead atoms. The van der Waals surface area contributed by atoms with Gasteiger partial charge in [-0.25, -0.2) is 0 Å². The van der Waals surface area contributed by atoms with Crippen LogP contribution in [0.15, 0.2) is 18.5 Å². The molecule has 5 nitrogen and oxygen atoms in total. The Labute approximate surface area is 75.8 Å². The van der Waals surface area contributed by atoms with E-state index in [0.29, 0.717) is 18.5 Å². The molecule has 0 spiro atoms. The number of aliphatic hydroxyl groups excluding tert-OH is 1. The fraction of sp³-hybridized carbons (Fsp3) is 0.375. The van der Waals surface area contributed by atoms with Crippen LogP contribution in [0.25, 0.3) is 0 Å². The Hall–Kier alpha value is -1.49. The van der Waals surface area contributed by atoms with Crippen molar-refractivity contribution in [3.63, 3.8) is 0 Å². The summed E-state index contributed by atoms with van der Waals surface area (Å²) in [6, 6.07) is 1.58. The zero-order chi connectivity index (χ0) is 9.52. The molecule has 1 amide bonds. The summed E-state index contributed by atoms with van der Waals surface area (Å²) in [6.07, 6.45) is 3.42. The maximum absolute atomic E-state index is 11.3. The average Bonchev–Trinajstić information content (AvgIpc) is 2.19. The second-order valence-electron chi connectivity index (χ2n) is 2.46. The molecule has 5 heteroatoms. The van der Waals surface area contributed by atoms with Crippen molar-refractivity contribution >= 4 is 5.91 Å². The van der Waals surface area contributed by atoms with Crippen LogP contribution in [0.4, 0.5) is 0 Å². The fourth-order valence-electron chi connectivity index (χ4n) is 0.808. The third-order valence-electron chi connectivity index (χ3n) is 1.47. The van der Waals surface area contributed by atoms with E-state index in [2.05, 4.69) is 15.5 Å². The first-order chi connectivity index (χ1) is 6.34. The molecule has 0 saturated heterocycles. The second-order valence-corrected chi connectivity index (χ2v) is 2.46. The molecule has 0 aromatic carbocycles. The van der Waals surface area contributed by atoms with Crippen LogP contribution in [0, 0.1) is 0 Å². The molecule has 1 rings (SSSR count). The molecule has 0 saturated carbocycles. The van der Waals surface area contributed by atoms with Crippen molar-refractivity contribution < 1.29 is 9.90 Å². The van der Waals surface area contributed by atoms with Crippen LogP contribution in [0.2, 0.25) is 0 Å². The van der Waals surface area contributed by atoms with Gasteiger partial charge >= 0.3 is 0 Å². The molecule has 2 N–H and O–H groups in total. The quantitative estimate of drug-likeness (QED) is 0.619. The topological polar surface area (TPSA) is 75.1 Å². The van der Waals surface area contributed by atoms with Crippen molar-refractivity contribution in [3.8, 4) is 0 Å². The SMILES string of the molecule is O=C(NCCCO)c1ccnnc1. The summed E-state index contributed by atoms with van der Waals surface area (Å²) in [5, 5.41) is 18.2. The van der Waals surface area contributed by atoms with E-state index < -0.39 is 0 Å². The predicted octanol–water partition coefficient (Wildman–Crippen LogP) is -0.411. The van der Waals surface area contributed by atoms with E-state index in [4.69, 9.17) is 5.11 Å². The minimum Gasteiger partial charge on any atom is -0.396 e. The van der Waals surface area contributed by atoms with Crippen molar-refractivity contribution in [3.05, 3.63) is 24.0 Å². The molecule has 0 atom stereocenters. The molecule has 0 aliphatic carbocycles. The van der Waals surface area contributed by atoms with Gasteiger partial charge in [-0.1, -0.05) is 0 Å².